The van der Waals surface area contributed by atoms with E-state index in [4.69, 9.17) is 25.4 Å². The lowest BCUT2D eigenvalue weighted by molar-refractivity contribution is -0.385. The summed E-state index contributed by atoms with van der Waals surface area (Å²) >= 11 is 0. The lowest BCUT2D eigenvalue weighted by Gasteiger charge is -2.25. The molecule has 14 heteroatoms. The highest BCUT2D eigenvalue weighted by atomic mass is 16.6. The van der Waals surface area contributed by atoms with E-state index in [-0.39, 0.29) is 101 Å². The number of nitrogen functional groups attached to an aromatic ring is 1. The Kier molecular flexibility index (Phi) is 13.0. The van der Waals surface area contributed by atoms with Crippen LogP contribution in [0.5, 0.6) is 11.5 Å². The van der Waals surface area contributed by atoms with E-state index < -0.39 is 22.4 Å². The molecule has 0 saturated heterocycles. The molecule has 6 rings (SSSR count). The highest BCUT2D eigenvalue weighted by molar-refractivity contribution is 6.36. The van der Waals surface area contributed by atoms with E-state index >= 15 is 0 Å². The lowest BCUT2D eigenvalue weighted by Crippen LogP contribution is -2.31. The van der Waals surface area contributed by atoms with Gasteiger partial charge < -0.3 is 25.4 Å². The smallest absolute Gasteiger partial charge is 0.311 e. The summed E-state index contributed by atoms with van der Waals surface area (Å²) in [5.74, 6) is -1.37. The Labute approximate surface area is 337 Å². The number of para-hydroxylation sites is 2. The topological polar surface area (TPSA) is 203 Å². The van der Waals surface area contributed by atoms with Gasteiger partial charge in [0.2, 0.25) is 0 Å². The number of carbonyl (C=O) groups is 4. The minimum absolute atomic E-state index is 0.0312. The molecule has 0 atom stereocenters. The Morgan fingerprint density at radius 1 is 0.586 bits per heavy atom. The molecular weight excluding hydrogens is 745 g/mol. The van der Waals surface area contributed by atoms with Crippen LogP contribution in [-0.4, -0.2) is 65.2 Å². The van der Waals surface area contributed by atoms with Gasteiger partial charge in [0.15, 0.2) is 5.75 Å². The molecule has 0 unspecified atom stereocenters. The zero-order valence-corrected chi connectivity index (χ0v) is 34.0. The maximum atomic E-state index is 13.3. The van der Waals surface area contributed by atoms with Gasteiger partial charge in [-0.15, -0.1) is 0 Å². The van der Waals surface area contributed by atoms with Crippen LogP contribution in [0.2, 0.25) is 0 Å². The Balaban J connectivity index is 0.000000221. The van der Waals surface area contributed by atoms with Crippen molar-refractivity contribution < 1.29 is 43.8 Å². The second-order valence-corrected chi connectivity index (χ2v) is 15.3. The first-order valence-corrected chi connectivity index (χ1v) is 19.2. The Morgan fingerprint density at radius 2 is 0.914 bits per heavy atom. The van der Waals surface area contributed by atoms with Crippen molar-refractivity contribution in [2.24, 2.45) is 0 Å². The first-order chi connectivity index (χ1) is 27.5. The number of fused-ring (bicyclic) bond motifs is 2. The molecule has 0 bridgehead atoms. The molecule has 4 amide bonds. The van der Waals surface area contributed by atoms with Crippen molar-refractivity contribution in [1.29, 1.82) is 0 Å². The number of benzene rings is 4. The third-order valence-electron chi connectivity index (χ3n) is 10.0. The predicted octanol–water partition coefficient (Wildman–Crippen LogP) is 7.70. The number of hydrogen-bond donors (Lipinski definition) is 3. The van der Waals surface area contributed by atoms with Gasteiger partial charge in [0.25, 0.3) is 23.6 Å². The van der Waals surface area contributed by atoms with E-state index in [1.54, 1.807) is 0 Å². The van der Waals surface area contributed by atoms with Crippen LogP contribution < -0.4 is 25.0 Å². The van der Waals surface area contributed by atoms with Crippen molar-refractivity contribution in [2.75, 3.05) is 42.0 Å². The van der Waals surface area contributed by atoms with E-state index in [1.165, 1.54) is 23.1 Å². The van der Waals surface area contributed by atoms with Crippen LogP contribution in [0.15, 0.2) is 60.7 Å². The highest BCUT2D eigenvalue weighted by Crippen LogP contribution is 2.43. The van der Waals surface area contributed by atoms with Crippen LogP contribution in [0.25, 0.3) is 0 Å². The van der Waals surface area contributed by atoms with Crippen LogP contribution in [-0.2, 0) is 0 Å². The summed E-state index contributed by atoms with van der Waals surface area (Å²) in [5.41, 5.74) is 11.2. The number of imide groups is 2. The quantitative estimate of drug-likeness (QED) is 0.0518. The average molecular weight is 795 g/mol. The Morgan fingerprint density at radius 3 is 1.26 bits per heavy atom. The summed E-state index contributed by atoms with van der Waals surface area (Å²) in [7, 11) is 0. The predicted molar refractivity (Wildman–Crippen MR) is 221 cm³/mol. The van der Waals surface area contributed by atoms with Crippen LogP contribution in [0, 0.1) is 10.1 Å². The van der Waals surface area contributed by atoms with Gasteiger partial charge in [0.05, 0.1) is 57.5 Å². The zero-order valence-electron chi connectivity index (χ0n) is 34.0. The number of amides is 4. The van der Waals surface area contributed by atoms with Crippen LogP contribution in [0.1, 0.15) is 143 Å². The molecule has 4 N–H and O–H groups in total. The highest BCUT2D eigenvalue weighted by Gasteiger charge is 2.42. The number of nitrogens with zero attached hydrogens (tertiary/aromatic N) is 3. The minimum atomic E-state index is -0.672. The maximum Gasteiger partial charge on any atom is 0.311 e. The van der Waals surface area contributed by atoms with Gasteiger partial charge in [0, 0.05) is 12.1 Å². The van der Waals surface area contributed by atoms with Crippen molar-refractivity contribution in [1.82, 2.24) is 0 Å². The van der Waals surface area contributed by atoms with Crippen molar-refractivity contribution in [3.63, 3.8) is 0 Å². The van der Waals surface area contributed by atoms with E-state index in [0.29, 0.717) is 11.4 Å². The van der Waals surface area contributed by atoms with Gasteiger partial charge in [0.1, 0.15) is 19.0 Å². The van der Waals surface area contributed by atoms with Crippen molar-refractivity contribution >= 4 is 46.4 Å². The van der Waals surface area contributed by atoms with E-state index in [9.17, 15) is 29.3 Å². The van der Waals surface area contributed by atoms with Gasteiger partial charge in [-0.05, 0) is 58.1 Å². The summed E-state index contributed by atoms with van der Waals surface area (Å²) in [5, 5.41) is 29.4. The second-order valence-electron chi connectivity index (χ2n) is 15.3. The zero-order chi connectivity index (χ0) is 42.7. The number of carbonyl (C=O) groups excluding carboxylic acids is 4. The lowest BCUT2D eigenvalue weighted by atomic mass is 9.92. The number of nitro groups is 1. The number of anilines is 3. The number of aliphatic hydroxyl groups excluding tert-OH is 2. The molecule has 4 aromatic rings. The number of nitro benzene ring substituents is 1. The Hall–Kier alpha value is -6.12. The third-order valence-corrected chi connectivity index (χ3v) is 10.0. The fourth-order valence-corrected chi connectivity index (χ4v) is 7.18. The molecule has 0 fully saturated rings. The number of rotatable bonds is 13. The monoisotopic (exact) mass is 794 g/mol. The summed E-state index contributed by atoms with van der Waals surface area (Å²) in [6.07, 6.45) is 0. The van der Waals surface area contributed by atoms with Gasteiger partial charge >= 0.3 is 5.69 Å². The van der Waals surface area contributed by atoms with Crippen LogP contribution >= 0.6 is 0 Å². The molecule has 2 heterocycles. The first kappa shape index (κ1) is 43.0. The Bertz CT molecular complexity index is 2230. The standard InChI is InChI=1S/C22H24N2O6.C22H26N2O4/c1-12(2)14-6-5-7-15(13(3)4)20(14)23-21(26)16-10-18(24(28)29)19(30-9-8-25)11-17(16)22(23)27;1-12(2)14-6-5-7-15(13(3)4)20(14)24-21(26)16-10-18(23)19(28-9-8-25)11-17(16)22(24)27/h5-7,10-13,25H,8-9H2,1-4H3;5-7,10-13,25H,8-9,23H2,1-4H3. The van der Waals surface area contributed by atoms with E-state index in [0.717, 1.165) is 33.2 Å². The first-order valence-electron chi connectivity index (χ1n) is 19.2. The molecule has 2 aliphatic rings. The molecule has 14 nitrogen and oxygen atoms in total. The molecular formula is C44H50N4O10. The summed E-state index contributed by atoms with van der Waals surface area (Å²) in [6, 6.07) is 16.8. The minimum Gasteiger partial charge on any atom is -0.489 e. The molecule has 306 valence electrons. The van der Waals surface area contributed by atoms with Gasteiger partial charge in [-0.25, -0.2) is 9.80 Å². The molecule has 0 spiro atoms. The number of hydrogen-bond acceptors (Lipinski definition) is 11. The van der Waals surface area contributed by atoms with Crippen LogP contribution in [0.3, 0.4) is 0 Å². The third kappa shape index (κ3) is 8.02. The van der Waals surface area contributed by atoms with Crippen LogP contribution in [0.4, 0.5) is 22.7 Å². The summed E-state index contributed by atoms with van der Waals surface area (Å²) in [6.45, 7) is 15.5. The van der Waals surface area contributed by atoms with Crippen molar-refractivity contribution in [3.8, 4) is 11.5 Å². The molecule has 0 aliphatic carbocycles. The number of nitrogens with two attached hydrogens (primary N) is 1. The van der Waals surface area contributed by atoms with Gasteiger partial charge in [-0.1, -0.05) is 91.8 Å². The molecule has 2 aliphatic heterocycles. The summed E-state index contributed by atoms with van der Waals surface area (Å²) in [4.78, 5) is 66.2. The molecule has 58 heavy (non-hydrogen) atoms. The second kappa shape index (κ2) is 17.6. The van der Waals surface area contributed by atoms with Crippen molar-refractivity contribution in [2.45, 2.75) is 79.1 Å². The van der Waals surface area contributed by atoms with E-state index in [2.05, 4.69) is 0 Å². The van der Waals surface area contributed by atoms with Crippen molar-refractivity contribution in [3.05, 3.63) is 115 Å². The van der Waals surface area contributed by atoms with Gasteiger partial charge in [-0.3, -0.25) is 29.3 Å². The molecule has 0 saturated carbocycles. The normalized spacial score (nSPS) is 13.5. The fraction of sp³-hybridized carbons (Fsp3) is 0.364. The number of ether oxygens (including phenoxy) is 2. The SMILES string of the molecule is CC(C)c1cccc(C(C)C)c1N1C(=O)c2cc(N)c(OCCO)cc2C1=O.CC(C)c1cccc(C(C)C)c1N1C(=O)c2cc(OCCO)c([N+](=O)[O-])cc2C1=O. The fourth-order valence-electron chi connectivity index (χ4n) is 7.18. The van der Waals surface area contributed by atoms with E-state index in [1.807, 2.05) is 91.8 Å². The average Bonchev–Trinajstić information content (AvgIpc) is 3.56. The largest absolute Gasteiger partial charge is 0.489 e. The molecule has 0 aromatic heterocycles. The molecule has 4 aromatic carbocycles. The maximum absolute atomic E-state index is 13.3. The molecule has 0 radical (unpaired) electrons. The number of aliphatic hydroxyl groups is 2. The summed E-state index contributed by atoms with van der Waals surface area (Å²) < 4.78 is 10.7. The van der Waals surface area contributed by atoms with Gasteiger partial charge in [-0.2, -0.15) is 0 Å².